The maximum atomic E-state index is 12.3. The van der Waals surface area contributed by atoms with Gasteiger partial charge in [-0.25, -0.2) is 0 Å². The van der Waals surface area contributed by atoms with Crippen LogP contribution in [0.4, 0.5) is 0 Å². The van der Waals surface area contributed by atoms with Crippen molar-refractivity contribution in [3.05, 3.63) is 65.9 Å². The highest BCUT2D eigenvalue weighted by Gasteiger charge is 2.22. The molecule has 3 aromatic rings. The smallest absolute Gasteiger partial charge is 0.239 e. The molecular weight excluding hydrogens is 366 g/mol. The molecule has 0 radical (unpaired) electrons. The predicted octanol–water partition coefficient (Wildman–Crippen LogP) is 3.25. The monoisotopic (exact) mass is 391 g/mol. The van der Waals surface area contributed by atoms with E-state index in [4.69, 9.17) is 4.74 Å². The van der Waals surface area contributed by atoms with Gasteiger partial charge in [0.05, 0.1) is 19.2 Å². The van der Waals surface area contributed by atoms with Gasteiger partial charge in [-0.05, 0) is 30.5 Å². The normalized spacial score (nSPS) is 15.4. The van der Waals surface area contributed by atoms with Crippen molar-refractivity contribution in [2.75, 3.05) is 13.2 Å². The van der Waals surface area contributed by atoms with Crippen molar-refractivity contribution in [1.82, 2.24) is 15.6 Å². The first kappa shape index (κ1) is 19.1. The molecule has 1 aliphatic heterocycles. The summed E-state index contributed by atoms with van der Waals surface area (Å²) in [6.45, 7) is 0.563. The van der Waals surface area contributed by atoms with E-state index >= 15 is 0 Å². The third kappa shape index (κ3) is 4.59. The van der Waals surface area contributed by atoms with Crippen molar-refractivity contribution in [3.8, 4) is 5.75 Å². The average molecular weight is 391 g/mol. The fourth-order valence-electron chi connectivity index (χ4n) is 3.78. The van der Waals surface area contributed by atoms with E-state index in [-0.39, 0.29) is 24.4 Å². The molecule has 29 heavy (non-hydrogen) atoms. The van der Waals surface area contributed by atoms with Crippen LogP contribution in [0.15, 0.2) is 54.7 Å². The molecule has 1 aromatic heterocycles. The number of aryl methyl sites for hydroxylation is 1. The number of amides is 2. The molecule has 0 aliphatic carbocycles. The molecule has 2 heterocycles. The molecule has 6 nitrogen and oxygen atoms in total. The zero-order valence-corrected chi connectivity index (χ0v) is 16.2. The van der Waals surface area contributed by atoms with Crippen LogP contribution in [0.5, 0.6) is 5.75 Å². The number of benzene rings is 2. The molecule has 1 atom stereocenters. The lowest BCUT2D eigenvalue weighted by molar-refractivity contribution is -0.126. The number of rotatable bonds is 7. The first-order chi connectivity index (χ1) is 14.2. The standard InChI is InChI=1S/C23H25N3O3/c27-22(11-5-6-16-14-24-19-9-3-1-7-17(16)19)25-15-23(28)26-20-12-13-29-21-10-4-2-8-18(20)21/h1-4,7-10,14,20,24H,5-6,11-13,15H2,(H,25,27)(H,26,28). The first-order valence-electron chi connectivity index (χ1n) is 10.0. The van der Waals surface area contributed by atoms with E-state index in [9.17, 15) is 9.59 Å². The summed E-state index contributed by atoms with van der Waals surface area (Å²) in [4.78, 5) is 27.6. The number of para-hydroxylation sites is 2. The minimum atomic E-state index is -0.184. The summed E-state index contributed by atoms with van der Waals surface area (Å²) in [5.41, 5.74) is 3.31. The Labute approximate surface area is 169 Å². The van der Waals surface area contributed by atoms with Crippen LogP contribution in [0.2, 0.25) is 0 Å². The van der Waals surface area contributed by atoms with Crippen LogP contribution >= 0.6 is 0 Å². The number of carbonyl (C=O) groups excluding carboxylic acids is 2. The molecule has 0 fully saturated rings. The fraction of sp³-hybridized carbons (Fsp3) is 0.304. The van der Waals surface area contributed by atoms with Gasteiger partial charge in [-0.3, -0.25) is 9.59 Å². The van der Waals surface area contributed by atoms with Crippen molar-refractivity contribution < 1.29 is 14.3 Å². The largest absolute Gasteiger partial charge is 0.493 e. The number of carbonyl (C=O) groups is 2. The van der Waals surface area contributed by atoms with Crippen molar-refractivity contribution in [1.29, 1.82) is 0 Å². The Hall–Kier alpha value is -3.28. The number of aromatic nitrogens is 1. The summed E-state index contributed by atoms with van der Waals surface area (Å²) >= 11 is 0. The number of fused-ring (bicyclic) bond motifs is 2. The average Bonchev–Trinajstić information content (AvgIpc) is 3.16. The molecule has 1 aliphatic rings. The molecule has 2 amide bonds. The van der Waals surface area contributed by atoms with Crippen LogP contribution < -0.4 is 15.4 Å². The molecule has 2 aromatic carbocycles. The van der Waals surface area contributed by atoms with Gasteiger partial charge in [-0.1, -0.05) is 36.4 Å². The predicted molar refractivity (Wildman–Crippen MR) is 112 cm³/mol. The molecule has 0 bridgehead atoms. The van der Waals surface area contributed by atoms with Gasteiger partial charge in [-0.2, -0.15) is 0 Å². The molecule has 3 N–H and O–H groups in total. The quantitative estimate of drug-likeness (QED) is 0.578. The van der Waals surface area contributed by atoms with Gasteiger partial charge in [0.25, 0.3) is 0 Å². The summed E-state index contributed by atoms with van der Waals surface area (Å²) in [6, 6.07) is 15.8. The number of nitrogens with one attached hydrogen (secondary N) is 3. The molecule has 0 saturated heterocycles. The van der Waals surface area contributed by atoms with E-state index in [0.29, 0.717) is 13.0 Å². The summed E-state index contributed by atoms with van der Waals surface area (Å²) in [5, 5.41) is 6.91. The Morgan fingerprint density at radius 2 is 1.90 bits per heavy atom. The Balaban J connectivity index is 1.20. The van der Waals surface area contributed by atoms with Crippen molar-refractivity contribution in [3.63, 3.8) is 0 Å². The van der Waals surface area contributed by atoms with E-state index in [1.807, 2.05) is 48.7 Å². The number of aromatic amines is 1. The van der Waals surface area contributed by atoms with Crippen LogP contribution in [-0.4, -0.2) is 29.9 Å². The lowest BCUT2D eigenvalue weighted by atomic mass is 10.0. The third-order valence-electron chi connectivity index (χ3n) is 5.26. The zero-order chi connectivity index (χ0) is 20.1. The van der Waals surface area contributed by atoms with Gasteiger partial charge < -0.3 is 20.4 Å². The first-order valence-corrected chi connectivity index (χ1v) is 10.0. The minimum Gasteiger partial charge on any atom is -0.493 e. The highest BCUT2D eigenvalue weighted by atomic mass is 16.5. The van der Waals surface area contributed by atoms with E-state index in [0.717, 1.165) is 36.1 Å². The van der Waals surface area contributed by atoms with E-state index in [1.54, 1.807) is 0 Å². The minimum absolute atomic E-state index is 0.00849. The van der Waals surface area contributed by atoms with Crippen molar-refractivity contribution >= 4 is 22.7 Å². The van der Waals surface area contributed by atoms with Gasteiger partial charge in [0.2, 0.25) is 11.8 Å². The Bertz CT molecular complexity index is 1010. The second-order valence-electron chi connectivity index (χ2n) is 7.28. The van der Waals surface area contributed by atoms with E-state index in [2.05, 4.69) is 21.7 Å². The van der Waals surface area contributed by atoms with Gasteiger partial charge in [0, 0.05) is 35.5 Å². The summed E-state index contributed by atoms with van der Waals surface area (Å²) < 4.78 is 5.61. The Kier molecular flexibility index (Phi) is 5.79. The highest BCUT2D eigenvalue weighted by molar-refractivity contribution is 5.85. The molecular formula is C23H25N3O3. The van der Waals surface area contributed by atoms with E-state index in [1.165, 1.54) is 10.9 Å². The topological polar surface area (TPSA) is 83.2 Å². The summed E-state index contributed by atoms with van der Waals surface area (Å²) in [5.74, 6) is 0.523. The van der Waals surface area contributed by atoms with Gasteiger partial charge in [-0.15, -0.1) is 0 Å². The lowest BCUT2D eigenvalue weighted by Gasteiger charge is -2.26. The summed E-state index contributed by atoms with van der Waals surface area (Å²) in [7, 11) is 0. The SMILES string of the molecule is O=C(CCCc1c[nH]c2ccccc12)NCC(=O)NC1CCOc2ccccc21. The number of ether oxygens (including phenoxy) is 1. The summed E-state index contributed by atoms with van der Waals surface area (Å²) in [6.07, 6.45) is 4.68. The van der Waals surface area contributed by atoms with Crippen molar-refractivity contribution in [2.45, 2.75) is 31.7 Å². The van der Waals surface area contributed by atoms with E-state index < -0.39 is 0 Å². The zero-order valence-electron chi connectivity index (χ0n) is 16.2. The fourth-order valence-corrected chi connectivity index (χ4v) is 3.78. The van der Waals surface area contributed by atoms with Gasteiger partial charge in [0.1, 0.15) is 5.75 Å². The third-order valence-corrected chi connectivity index (χ3v) is 5.26. The second-order valence-corrected chi connectivity index (χ2v) is 7.28. The second kappa shape index (κ2) is 8.82. The molecule has 0 spiro atoms. The molecule has 150 valence electrons. The molecule has 4 rings (SSSR count). The number of H-pyrrole nitrogens is 1. The molecule has 0 saturated carbocycles. The Morgan fingerprint density at radius 1 is 1.07 bits per heavy atom. The number of hydrogen-bond donors (Lipinski definition) is 3. The van der Waals surface area contributed by atoms with Crippen LogP contribution in [0.3, 0.4) is 0 Å². The van der Waals surface area contributed by atoms with Gasteiger partial charge >= 0.3 is 0 Å². The van der Waals surface area contributed by atoms with Gasteiger partial charge in [0.15, 0.2) is 0 Å². The molecule has 6 heteroatoms. The number of hydrogen-bond acceptors (Lipinski definition) is 3. The molecule has 1 unspecified atom stereocenters. The van der Waals surface area contributed by atoms with Crippen LogP contribution in [-0.2, 0) is 16.0 Å². The maximum Gasteiger partial charge on any atom is 0.239 e. The maximum absolute atomic E-state index is 12.3. The van der Waals surface area contributed by atoms with Crippen LogP contribution in [0.1, 0.15) is 36.4 Å². The Morgan fingerprint density at radius 3 is 2.83 bits per heavy atom. The van der Waals surface area contributed by atoms with Crippen LogP contribution in [0.25, 0.3) is 10.9 Å². The lowest BCUT2D eigenvalue weighted by Crippen LogP contribution is -2.39. The van der Waals surface area contributed by atoms with Crippen molar-refractivity contribution in [2.24, 2.45) is 0 Å². The van der Waals surface area contributed by atoms with Crippen LogP contribution in [0, 0.1) is 0 Å². The highest BCUT2D eigenvalue weighted by Crippen LogP contribution is 2.31.